The minimum atomic E-state index is -0.368. The molecular weight excluding hydrogens is 290 g/mol. The summed E-state index contributed by atoms with van der Waals surface area (Å²) in [6.45, 7) is 3.45. The van der Waals surface area contributed by atoms with Gasteiger partial charge in [-0.15, -0.1) is 12.4 Å². The Bertz CT molecular complexity index is 430. The summed E-state index contributed by atoms with van der Waals surface area (Å²) in [7, 11) is 0. The molecule has 1 saturated heterocycles. The average molecular weight is 314 g/mol. The van der Waals surface area contributed by atoms with Crippen LogP contribution in [0.15, 0.2) is 24.5 Å². The lowest BCUT2D eigenvalue weighted by molar-refractivity contribution is -0.132. The number of halogens is 1. The first kappa shape index (κ1) is 17.7. The zero-order valence-corrected chi connectivity index (χ0v) is 13.2. The highest BCUT2D eigenvalue weighted by molar-refractivity contribution is 5.85. The number of unbranched alkanes of at least 4 members (excludes halogenated alkanes) is 1. The van der Waals surface area contributed by atoms with E-state index in [1.807, 2.05) is 17.0 Å². The van der Waals surface area contributed by atoms with Crippen LogP contribution < -0.4 is 10.5 Å². The van der Waals surface area contributed by atoms with Crippen molar-refractivity contribution in [3.05, 3.63) is 24.5 Å². The van der Waals surface area contributed by atoms with Gasteiger partial charge >= 0.3 is 0 Å². The number of hydrogen-bond acceptors (Lipinski definition) is 4. The van der Waals surface area contributed by atoms with Crippen molar-refractivity contribution in [3.63, 3.8) is 0 Å². The summed E-state index contributed by atoms with van der Waals surface area (Å²) in [6.07, 6.45) is 7.12. The summed E-state index contributed by atoms with van der Waals surface area (Å²) in [4.78, 5) is 18.0. The highest BCUT2D eigenvalue weighted by atomic mass is 35.5. The SMILES string of the molecule is CCCCC(N)C(=O)N1CCC(Oc2cccnc2)C1.Cl. The molecule has 2 atom stereocenters. The van der Waals surface area contributed by atoms with E-state index in [-0.39, 0.29) is 30.5 Å². The number of hydrogen-bond donors (Lipinski definition) is 1. The molecule has 0 bridgehead atoms. The maximum Gasteiger partial charge on any atom is 0.239 e. The van der Waals surface area contributed by atoms with Crippen molar-refractivity contribution in [2.24, 2.45) is 5.73 Å². The first-order chi connectivity index (χ1) is 9.70. The van der Waals surface area contributed by atoms with E-state index in [0.717, 1.165) is 38.0 Å². The molecule has 6 heteroatoms. The Hall–Kier alpha value is -1.33. The van der Waals surface area contributed by atoms with Crippen LogP contribution in [0.5, 0.6) is 5.75 Å². The third-order valence-corrected chi connectivity index (χ3v) is 3.58. The fourth-order valence-corrected chi connectivity index (χ4v) is 2.42. The lowest BCUT2D eigenvalue weighted by Crippen LogP contribution is -2.43. The van der Waals surface area contributed by atoms with Gasteiger partial charge in [0, 0.05) is 19.2 Å². The minimum Gasteiger partial charge on any atom is -0.487 e. The van der Waals surface area contributed by atoms with Crippen molar-refractivity contribution in [1.82, 2.24) is 9.88 Å². The molecule has 2 rings (SSSR count). The van der Waals surface area contributed by atoms with E-state index in [1.54, 1.807) is 12.4 Å². The van der Waals surface area contributed by atoms with Gasteiger partial charge in [-0.1, -0.05) is 19.8 Å². The molecule has 0 spiro atoms. The van der Waals surface area contributed by atoms with E-state index in [1.165, 1.54) is 0 Å². The van der Waals surface area contributed by atoms with Crippen LogP contribution in [-0.4, -0.2) is 41.0 Å². The van der Waals surface area contributed by atoms with Crippen LogP contribution in [0.3, 0.4) is 0 Å². The maximum atomic E-state index is 12.2. The van der Waals surface area contributed by atoms with Gasteiger partial charge in [0.15, 0.2) is 0 Å². The Labute approximate surface area is 132 Å². The second-order valence-electron chi connectivity index (χ2n) is 5.25. The molecule has 1 aliphatic rings. The summed E-state index contributed by atoms with van der Waals surface area (Å²) in [5, 5.41) is 0. The molecule has 2 N–H and O–H groups in total. The normalized spacial score (nSPS) is 19.0. The van der Waals surface area contributed by atoms with Gasteiger partial charge in [-0.25, -0.2) is 0 Å². The van der Waals surface area contributed by atoms with Crippen LogP contribution in [-0.2, 0) is 4.79 Å². The molecule has 2 unspecified atom stereocenters. The standard InChI is InChI=1S/C15H23N3O2.ClH/c1-2-3-6-14(16)15(19)18-9-7-13(11-18)20-12-5-4-8-17-10-12;/h4-5,8,10,13-14H,2-3,6-7,9,11,16H2,1H3;1H. The monoisotopic (exact) mass is 313 g/mol. The van der Waals surface area contributed by atoms with E-state index in [0.29, 0.717) is 6.54 Å². The Morgan fingerprint density at radius 2 is 2.43 bits per heavy atom. The molecule has 1 aromatic rings. The molecule has 0 radical (unpaired) electrons. The van der Waals surface area contributed by atoms with Crippen LogP contribution in [0.4, 0.5) is 0 Å². The fourth-order valence-electron chi connectivity index (χ4n) is 2.42. The van der Waals surface area contributed by atoms with Gasteiger partial charge in [0.25, 0.3) is 0 Å². The number of ether oxygens (including phenoxy) is 1. The first-order valence-electron chi connectivity index (χ1n) is 7.31. The largest absolute Gasteiger partial charge is 0.487 e. The molecule has 118 valence electrons. The molecule has 1 fully saturated rings. The quantitative estimate of drug-likeness (QED) is 0.872. The third-order valence-electron chi connectivity index (χ3n) is 3.58. The number of nitrogens with two attached hydrogens (primary N) is 1. The van der Waals surface area contributed by atoms with Crippen molar-refractivity contribution in [3.8, 4) is 5.75 Å². The molecule has 0 aliphatic carbocycles. The second kappa shape index (κ2) is 8.85. The highest BCUT2D eigenvalue weighted by Crippen LogP contribution is 2.18. The van der Waals surface area contributed by atoms with Gasteiger partial charge in [-0.3, -0.25) is 9.78 Å². The van der Waals surface area contributed by atoms with Gasteiger partial charge < -0.3 is 15.4 Å². The summed E-state index contributed by atoms with van der Waals surface area (Å²) in [6, 6.07) is 3.35. The van der Waals surface area contributed by atoms with Gasteiger partial charge in [0.1, 0.15) is 11.9 Å². The fraction of sp³-hybridized carbons (Fsp3) is 0.600. The second-order valence-corrected chi connectivity index (χ2v) is 5.25. The lowest BCUT2D eigenvalue weighted by atomic mass is 10.1. The Balaban J connectivity index is 0.00000220. The number of pyridine rings is 1. The smallest absolute Gasteiger partial charge is 0.239 e. The molecule has 5 nitrogen and oxygen atoms in total. The van der Waals surface area contributed by atoms with Crippen molar-refractivity contribution in [1.29, 1.82) is 0 Å². The van der Waals surface area contributed by atoms with Crippen molar-refractivity contribution in [2.75, 3.05) is 13.1 Å². The van der Waals surface area contributed by atoms with Crippen LogP contribution in [0, 0.1) is 0 Å². The number of rotatable bonds is 6. The average Bonchev–Trinajstić information content (AvgIpc) is 2.93. The number of nitrogens with zero attached hydrogens (tertiary/aromatic N) is 2. The van der Waals surface area contributed by atoms with Crippen LogP contribution in [0.25, 0.3) is 0 Å². The number of aromatic nitrogens is 1. The predicted octanol–water partition coefficient (Wildman–Crippen LogP) is 2.00. The summed E-state index contributed by atoms with van der Waals surface area (Å²) in [5.74, 6) is 0.804. The Morgan fingerprint density at radius 1 is 1.62 bits per heavy atom. The molecular formula is C15H24ClN3O2. The minimum absolute atomic E-state index is 0. The lowest BCUT2D eigenvalue weighted by Gasteiger charge is -2.21. The zero-order valence-electron chi connectivity index (χ0n) is 12.4. The van der Waals surface area contributed by atoms with Gasteiger partial charge in [-0.05, 0) is 18.6 Å². The van der Waals surface area contributed by atoms with Crippen LogP contribution in [0.2, 0.25) is 0 Å². The molecule has 0 saturated carbocycles. The topological polar surface area (TPSA) is 68.5 Å². The van der Waals surface area contributed by atoms with Crippen molar-refractivity contribution in [2.45, 2.75) is 44.8 Å². The first-order valence-corrected chi connectivity index (χ1v) is 7.31. The Kier molecular flexibility index (Phi) is 7.47. The van der Waals surface area contributed by atoms with Gasteiger partial charge in [-0.2, -0.15) is 0 Å². The van der Waals surface area contributed by atoms with E-state index < -0.39 is 0 Å². The van der Waals surface area contributed by atoms with Crippen molar-refractivity contribution < 1.29 is 9.53 Å². The molecule has 0 aromatic carbocycles. The van der Waals surface area contributed by atoms with E-state index in [2.05, 4.69) is 11.9 Å². The summed E-state index contributed by atoms with van der Waals surface area (Å²) in [5.41, 5.74) is 5.94. The highest BCUT2D eigenvalue weighted by Gasteiger charge is 2.30. The Morgan fingerprint density at radius 3 is 3.10 bits per heavy atom. The third kappa shape index (κ3) is 5.17. The predicted molar refractivity (Wildman–Crippen MR) is 84.6 cm³/mol. The van der Waals surface area contributed by atoms with Gasteiger partial charge in [0.2, 0.25) is 5.91 Å². The van der Waals surface area contributed by atoms with Crippen LogP contribution in [0.1, 0.15) is 32.6 Å². The number of carbonyl (C=O) groups excluding carboxylic acids is 1. The molecule has 1 aromatic heterocycles. The van der Waals surface area contributed by atoms with E-state index >= 15 is 0 Å². The molecule has 1 amide bonds. The molecule has 21 heavy (non-hydrogen) atoms. The van der Waals surface area contributed by atoms with Crippen molar-refractivity contribution >= 4 is 18.3 Å². The maximum absolute atomic E-state index is 12.2. The van der Waals surface area contributed by atoms with Gasteiger partial charge in [0.05, 0.1) is 18.8 Å². The van der Waals surface area contributed by atoms with Crippen LogP contribution >= 0.6 is 12.4 Å². The molecule has 1 aliphatic heterocycles. The van der Waals surface area contributed by atoms with E-state index in [9.17, 15) is 4.79 Å². The number of likely N-dealkylation sites (tertiary alicyclic amines) is 1. The summed E-state index contributed by atoms with van der Waals surface area (Å²) < 4.78 is 5.82. The number of carbonyl (C=O) groups is 1. The molecule has 2 heterocycles. The summed E-state index contributed by atoms with van der Waals surface area (Å²) >= 11 is 0. The zero-order chi connectivity index (χ0) is 14.4. The van der Waals surface area contributed by atoms with E-state index in [4.69, 9.17) is 10.5 Å². The number of amides is 1.